The molecule has 5 aliphatic rings. The van der Waals surface area contributed by atoms with Crippen molar-refractivity contribution >= 4 is 29.0 Å². The number of nitrogens with zero attached hydrogens (tertiary/aromatic N) is 2. The Hall–Kier alpha value is -5.60. The Labute approximate surface area is 321 Å². The van der Waals surface area contributed by atoms with Crippen molar-refractivity contribution in [2.75, 3.05) is 20.2 Å². The number of phenolic OH excluding ortho intramolecular Hbond substituents is 1. The number of fused-ring (bicyclic) bond motifs is 4. The van der Waals surface area contributed by atoms with Gasteiger partial charge in [0.2, 0.25) is 11.8 Å². The quantitative estimate of drug-likeness (QED) is 0.163. The van der Waals surface area contributed by atoms with Gasteiger partial charge in [-0.2, -0.15) is 0 Å². The standard InChI is InChI=1S/C47H44N2O6/c1-55-40-20-17-31(25-39(40)50)43-34-18-19-35-42(46(54)49(45(35)53)33-21-23-48(24-22-33)28-29-11-5-2-6-12-29)37(34)26-38-44(52)36(30-13-7-3-8-14-30)27-41(51)47(38,43)32-15-9-4-10-16-32/h2-18,20,25,27,33,35,37-38,42-43,50H,19,21-24,26,28H2,1H3/t35-,37+,38-,42-,43-,47-/m0/s1. The van der Waals surface area contributed by atoms with Crippen LogP contribution in [0.15, 0.2) is 127 Å². The van der Waals surface area contributed by atoms with Gasteiger partial charge in [-0.25, -0.2) is 0 Å². The molecule has 0 spiro atoms. The third-order valence-electron chi connectivity index (χ3n) is 13.1. The van der Waals surface area contributed by atoms with Crippen molar-refractivity contribution in [3.63, 3.8) is 0 Å². The Kier molecular flexibility index (Phi) is 8.89. The van der Waals surface area contributed by atoms with Crippen LogP contribution in [-0.4, -0.2) is 64.5 Å². The topological polar surface area (TPSA) is 104 Å². The maximum atomic E-state index is 15.2. The van der Waals surface area contributed by atoms with E-state index in [0.29, 0.717) is 47.3 Å². The van der Waals surface area contributed by atoms with Gasteiger partial charge in [0.1, 0.15) is 0 Å². The van der Waals surface area contributed by atoms with Gasteiger partial charge < -0.3 is 9.84 Å². The molecule has 0 aromatic heterocycles. The second kappa shape index (κ2) is 13.9. The lowest BCUT2D eigenvalue weighted by atomic mass is 9.44. The molecule has 2 heterocycles. The number of hydrogen-bond donors (Lipinski definition) is 1. The van der Waals surface area contributed by atoms with Crippen LogP contribution in [0.3, 0.4) is 0 Å². The summed E-state index contributed by atoms with van der Waals surface area (Å²) in [5.74, 6) is -3.59. The number of rotatable bonds is 7. The van der Waals surface area contributed by atoms with Gasteiger partial charge in [0, 0.05) is 43.1 Å². The zero-order valence-electron chi connectivity index (χ0n) is 30.8. The predicted octanol–water partition coefficient (Wildman–Crippen LogP) is 6.89. The maximum absolute atomic E-state index is 15.2. The molecule has 8 heteroatoms. The van der Waals surface area contributed by atoms with Gasteiger partial charge in [0.05, 0.1) is 24.4 Å². The molecule has 9 rings (SSSR count). The second-order valence-corrected chi connectivity index (χ2v) is 15.8. The fraction of sp³-hybridized carbons (Fsp3) is 0.319. The van der Waals surface area contributed by atoms with E-state index in [0.717, 1.165) is 25.2 Å². The van der Waals surface area contributed by atoms with E-state index in [9.17, 15) is 14.7 Å². The highest BCUT2D eigenvalue weighted by atomic mass is 16.5. The summed E-state index contributed by atoms with van der Waals surface area (Å²) in [5, 5.41) is 11.2. The molecular formula is C47H44N2O6. The number of benzene rings is 4. The van der Waals surface area contributed by atoms with Crippen LogP contribution >= 0.6 is 0 Å². The van der Waals surface area contributed by atoms with Crippen molar-refractivity contribution in [1.29, 1.82) is 0 Å². The minimum absolute atomic E-state index is 0.0804. The summed E-state index contributed by atoms with van der Waals surface area (Å²) in [4.78, 5) is 63.5. The molecule has 0 unspecified atom stereocenters. The minimum Gasteiger partial charge on any atom is -0.504 e. The van der Waals surface area contributed by atoms with E-state index in [1.807, 2.05) is 84.9 Å². The number of methoxy groups -OCH3 is 1. The van der Waals surface area contributed by atoms with E-state index in [2.05, 4.69) is 23.1 Å². The summed E-state index contributed by atoms with van der Waals surface area (Å²) >= 11 is 0. The number of amides is 2. The molecule has 0 radical (unpaired) electrons. The molecule has 8 nitrogen and oxygen atoms in total. The maximum Gasteiger partial charge on any atom is 0.233 e. The highest BCUT2D eigenvalue weighted by molar-refractivity contribution is 6.31. The van der Waals surface area contributed by atoms with Crippen LogP contribution in [0.1, 0.15) is 53.9 Å². The molecule has 2 aliphatic heterocycles. The van der Waals surface area contributed by atoms with E-state index < -0.39 is 35.0 Å². The summed E-state index contributed by atoms with van der Waals surface area (Å²) in [5.41, 5.74) is 3.15. The molecule has 4 aromatic rings. The van der Waals surface area contributed by atoms with Crippen LogP contribution in [0.5, 0.6) is 11.5 Å². The van der Waals surface area contributed by atoms with E-state index in [1.165, 1.54) is 18.7 Å². The van der Waals surface area contributed by atoms with Crippen LogP contribution in [0.2, 0.25) is 0 Å². The van der Waals surface area contributed by atoms with Crippen LogP contribution in [0, 0.1) is 23.7 Å². The first-order valence-electron chi connectivity index (χ1n) is 19.4. The molecule has 278 valence electrons. The zero-order chi connectivity index (χ0) is 37.8. The fourth-order valence-electron chi connectivity index (χ4n) is 10.7. The smallest absolute Gasteiger partial charge is 0.233 e. The van der Waals surface area contributed by atoms with Gasteiger partial charge in [-0.1, -0.05) is 109 Å². The first-order valence-corrected chi connectivity index (χ1v) is 19.4. The molecule has 55 heavy (non-hydrogen) atoms. The number of likely N-dealkylation sites (tertiary alicyclic amines) is 2. The Morgan fingerprint density at radius 2 is 1.47 bits per heavy atom. The van der Waals surface area contributed by atoms with Gasteiger partial charge in [0.25, 0.3) is 0 Å². The SMILES string of the molecule is COc1ccc([C@H]2C3=CC[C@@H]4C(=O)N(C5CCN(Cc6ccccc6)CC5)C(=O)[C@@H]4[C@@H]3C[C@H]3C(=O)C(c4ccccc4)=CC(=O)[C@@]23c2ccccc2)cc1O. The summed E-state index contributed by atoms with van der Waals surface area (Å²) in [6.45, 7) is 2.40. The van der Waals surface area contributed by atoms with Gasteiger partial charge in [-0.15, -0.1) is 0 Å². The Balaban J connectivity index is 1.13. The number of carbonyl (C=O) groups is 4. The highest BCUT2D eigenvalue weighted by Gasteiger charge is 2.66. The number of ether oxygens (including phenoxy) is 1. The highest BCUT2D eigenvalue weighted by Crippen LogP contribution is 2.64. The molecule has 1 N–H and O–H groups in total. The van der Waals surface area contributed by atoms with E-state index in [-0.39, 0.29) is 41.6 Å². The van der Waals surface area contributed by atoms with Crippen molar-refractivity contribution in [2.24, 2.45) is 23.7 Å². The van der Waals surface area contributed by atoms with Crippen molar-refractivity contribution in [1.82, 2.24) is 9.80 Å². The number of hydrogen-bond acceptors (Lipinski definition) is 7. The lowest BCUT2D eigenvalue weighted by Crippen LogP contribution is -2.58. The number of Topliss-reactive ketones (excluding diaryl/α,β-unsaturated/α-hetero) is 1. The van der Waals surface area contributed by atoms with Crippen LogP contribution < -0.4 is 4.74 Å². The second-order valence-electron chi connectivity index (χ2n) is 15.8. The van der Waals surface area contributed by atoms with E-state index in [4.69, 9.17) is 4.74 Å². The van der Waals surface area contributed by atoms with Crippen molar-refractivity contribution < 1.29 is 29.0 Å². The molecule has 2 amide bonds. The molecule has 6 atom stereocenters. The summed E-state index contributed by atoms with van der Waals surface area (Å²) in [6.07, 6.45) is 5.62. The summed E-state index contributed by atoms with van der Waals surface area (Å²) < 4.78 is 5.41. The monoisotopic (exact) mass is 732 g/mol. The first kappa shape index (κ1) is 35.1. The van der Waals surface area contributed by atoms with Gasteiger partial charge in [0.15, 0.2) is 23.1 Å². The van der Waals surface area contributed by atoms with E-state index >= 15 is 9.59 Å². The third kappa shape index (κ3) is 5.60. The predicted molar refractivity (Wildman–Crippen MR) is 208 cm³/mol. The molecule has 0 bridgehead atoms. The number of ketones is 2. The summed E-state index contributed by atoms with van der Waals surface area (Å²) in [7, 11) is 1.48. The van der Waals surface area contributed by atoms with Crippen LogP contribution in [0.4, 0.5) is 0 Å². The van der Waals surface area contributed by atoms with Gasteiger partial charge in [-0.05, 0) is 72.1 Å². The molecule has 3 fully saturated rings. The average Bonchev–Trinajstić information content (AvgIpc) is 3.48. The number of piperidine rings is 1. The largest absolute Gasteiger partial charge is 0.504 e. The lowest BCUT2D eigenvalue weighted by molar-refractivity contribution is -0.144. The molecule has 2 saturated heterocycles. The molecular weight excluding hydrogens is 689 g/mol. The zero-order valence-corrected chi connectivity index (χ0v) is 30.8. The Morgan fingerprint density at radius 3 is 2.15 bits per heavy atom. The van der Waals surface area contributed by atoms with Crippen molar-refractivity contribution in [3.8, 4) is 11.5 Å². The number of carbonyl (C=O) groups excluding carboxylic acids is 4. The lowest BCUT2D eigenvalue weighted by Gasteiger charge is -2.55. The Bertz CT molecular complexity index is 2230. The van der Waals surface area contributed by atoms with Crippen molar-refractivity contribution in [3.05, 3.63) is 149 Å². The third-order valence-corrected chi connectivity index (χ3v) is 13.1. The van der Waals surface area contributed by atoms with Crippen LogP contribution in [0.25, 0.3) is 5.57 Å². The minimum atomic E-state index is -1.36. The fourth-order valence-corrected chi connectivity index (χ4v) is 10.7. The van der Waals surface area contributed by atoms with E-state index in [1.54, 1.807) is 17.0 Å². The van der Waals surface area contributed by atoms with Gasteiger partial charge in [-0.3, -0.25) is 29.0 Å². The first-order chi connectivity index (χ1) is 26.8. The van der Waals surface area contributed by atoms with Gasteiger partial charge >= 0.3 is 0 Å². The number of aromatic hydroxyl groups is 1. The average molecular weight is 733 g/mol. The normalized spacial score (nSPS) is 28.2. The molecule has 3 aliphatic carbocycles. The molecule has 1 saturated carbocycles. The number of phenols is 1. The number of imide groups is 1. The Morgan fingerprint density at radius 1 is 0.800 bits per heavy atom. The molecule has 4 aromatic carbocycles. The summed E-state index contributed by atoms with van der Waals surface area (Å²) in [6, 6.07) is 34.1. The van der Waals surface area contributed by atoms with Crippen molar-refractivity contribution in [2.45, 2.75) is 49.6 Å². The van der Waals surface area contributed by atoms with Crippen LogP contribution in [-0.2, 0) is 31.1 Å². The number of allylic oxidation sites excluding steroid dienone is 4.